The highest BCUT2D eigenvalue weighted by Crippen LogP contribution is 2.05. The van der Waals surface area contributed by atoms with Crippen molar-refractivity contribution in [1.82, 2.24) is 10.6 Å². The van der Waals surface area contributed by atoms with E-state index in [1.807, 2.05) is 0 Å². The topological polar surface area (TPSA) is 58.2 Å². The lowest BCUT2D eigenvalue weighted by Gasteiger charge is -2.28. The molecule has 0 aromatic rings. The molecule has 0 aliphatic carbocycles. The van der Waals surface area contributed by atoms with Crippen LogP contribution in [0.15, 0.2) is 0 Å². The summed E-state index contributed by atoms with van der Waals surface area (Å²) in [4.78, 5) is 22.5. The van der Waals surface area contributed by atoms with Gasteiger partial charge in [0.05, 0.1) is 12.1 Å². The third kappa shape index (κ3) is 2.80. The van der Waals surface area contributed by atoms with Crippen LogP contribution in [0, 0.1) is 0 Å². The van der Waals surface area contributed by atoms with Crippen molar-refractivity contribution in [3.8, 4) is 0 Å². The molecule has 0 aromatic carbocycles. The average Bonchev–Trinajstić information content (AvgIpc) is 2.15. The van der Waals surface area contributed by atoms with Crippen LogP contribution in [0.5, 0.6) is 0 Å². The summed E-state index contributed by atoms with van der Waals surface area (Å²) in [6.07, 6.45) is 2.98. The van der Waals surface area contributed by atoms with E-state index in [1.165, 1.54) is 6.92 Å². The summed E-state index contributed by atoms with van der Waals surface area (Å²) in [7, 11) is 0. The molecule has 2 N–H and O–H groups in total. The van der Waals surface area contributed by atoms with Gasteiger partial charge in [-0.1, -0.05) is 19.8 Å². The fourth-order valence-electron chi connectivity index (χ4n) is 1.56. The van der Waals surface area contributed by atoms with Crippen LogP contribution in [0.1, 0.15) is 33.1 Å². The quantitative estimate of drug-likeness (QED) is 0.679. The number of amides is 1. The van der Waals surface area contributed by atoms with Gasteiger partial charge >= 0.3 is 0 Å². The van der Waals surface area contributed by atoms with Crippen LogP contribution < -0.4 is 10.6 Å². The second kappa shape index (κ2) is 5.10. The zero-order chi connectivity index (χ0) is 10.6. The summed E-state index contributed by atoms with van der Waals surface area (Å²) in [5, 5.41) is 5.83. The molecule has 0 saturated carbocycles. The molecule has 1 aliphatic rings. The summed E-state index contributed by atoms with van der Waals surface area (Å²) in [6, 6.07) is -0.439. The summed E-state index contributed by atoms with van der Waals surface area (Å²) in [5.74, 6) is -0.0234. The Morgan fingerprint density at radius 3 is 2.79 bits per heavy atom. The molecule has 1 fully saturated rings. The predicted molar refractivity (Wildman–Crippen MR) is 53.9 cm³/mol. The van der Waals surface area contributed by atoms with Gasteiger partial charge in [-0.3, -0.25) is 9.59 Å². The normalized spacial score (nSPS) is 27.1. The second-order valence-corrected chi connectivity index (χ2v) is 3.77. The van der Waals surface area contributed by atoms with Gasteiger partial charge < -0.3 is 10.6 Å². The largest absolute Gasteiger partial charge is 0.344 e. The van der Waals surface area contributed by atoms with E-state index in [0.717, 1.165) is 19.3 Å². The first-order valence-corrected chi connectivity index (χ1v) is 5.19. The van der Waals surface area contributed by atoms with Gasteiger partial charge in [-0.15, -0.1) is 0 Å². The van der Waals surface area contributed by atoms with Gasteiger partial charge in [-0.05, 0) is 13.3 Å². The number of carbonyl (C=O) groups excluding carboxylic acids is 2. The van der Waals surface area contributed by atoms with E-state index in [0.29, 0.717) is 6.54 Å². The molecule has 80 valence electrons. The fourth-order valence-corrected chi connectivity index (χ4v) is 1.56. The number of Topliss-reactive ketones (excluding diaryl/α,β-unsaturated/α-hetero) is 1. The van der Waals surface area contributed by atoms with Crippen molar-refractivity contribution in [2.75, 3.05) is 6.54 Å². The number of piperazine rings is 1. The maximum atomic E-state index is 11.5. The lowest BCUT2D eigenvalue weighted by molar-refractivity contribution is -0.130. The first kappa shape index (κ1) is 11.2. The van der Waals surface area contributed by atoms with Crippen LogP contribution in [-0.4, -0.2) is 30.3 Å². The van der Waals surface area contributed by atoms with Crippen LogP contribution in [0.2, 0.25) is 0 Å². The summed E-state index contributed by atoms with van der Waals surface area (Å²) in [6.45, 7) is 4.16. The predicted octanol–water partition coefficient (Wildman–Crippen LogP) is 0.222. The lowest BCUT2D eigenvalue weighted by atomic mass is 10.0. The van der Waals surface area contributed by atoms with E-state index < -0.39 is 0 Å². The summed E-state index contributed by atoms with van der Waals surface area (Å²) < 4.78 is 0. The van der Waals surface area contributed by atoms with Gasteiger partial charge in [0.15, 0.2) is 5.78 Å². The number of rotatable bonds is 4. The van der Waals surface area contributed by atoms with E-state index in [-0.39, 0.29) is 23.8 Å². The van der Waals surface area contributed by atoms with Gasteiger partial charge in [-0.2, -0.15) is 0 Å². The third-order valence-corrected chi connectivity index (χ3v) is 2.54. The van der Waals surface area contributed by atoms with Crippen molar-refractivity contribution < 1.29 is 9.59 Å². The molecule has 1 saturated heterocycles. The first-order valence-electron chi connectivity index (χ1n) is 5.19. The second-order valence-electron chi connectivity index (χ2n) is 3.77. The van der Waals surface area contributed by atoms with E-state index in [9.17, 15) is 9.59 Å². The van der Waals surface area contributed by atoms with E-state index in [4.69, 9.17) is 0 Å². The Labute approximate surface area is 84.4 Å². The van der Waals surface area contributed by atoms with E-state index >= 15 is 0 Å². The highest BCUT2D eigenvalue weighted by molar-refractivity contribution is 5.91. The SMILES string of the molecule is CCCCC1NCC(C(C)=O)NC1=O. The summed E-state index contributed by atoms with van der Waals surface area (Å²) in [5.41, 5.74) is 0. The number of hydrogen-bond acceptors (Lipinski definition) is 3. The number of nitrogens with one attached hydrogen (secondary N) is 2. The highest BCUT2D eigenvalue weighted by Gasteiger charge is 2.28. The van der Waals surface area contributed by atoms with Crippen LogP contribution in [-0.2, 0) is 9.59 Å². The Morgan fingerprint density at radius 2 is 2.29 bits per heavy atom. The molecule has 0 aromatic heterocycles. The Hall–Kier alpha value is -0.900. The van der Waals surface area contributed by atoms with Crippen molar-refractivity contribution >= 4 is 11.7 Å². The van der Waals surface area contributed by atoms with Gasteiger partial charge in [0.25, 0.3) is 0 Å². The minimum atomic E-state index is -0.333. The molecule has 1 heterocycles. The third-order valence-electron chi connectivity index (χ3n) is 2.54. The molecular weight excluding hydrogens is 180 g/mol. The molecule has 4 nitrogen and oxygen atoms in total. The lowest BCUT2D eigenvalue weighted by Crippen LogP contribution is -2.60. The number of carbonyl (C=O) groups is 2. The Bertz CT molecular complexity index is 228. The molecule has 1 amide bonds. The zero-order valence-corrected chi connectivity index (χ0v) is 8.80. The number of unbranched alkanes of at least 4 members (excludes halogenated alkanes) is 1. The molecule has 0 radical (unpaired) electrons. The van der Waals surface area contributed by atoms with Crippen LogP contribution in [0.3, 0.4) is 0 Å². The molecule has 14 heavy (non-hydrogen) atoms. The van der Waals surface area contributed by atoms with E-state index in [1.54, 1.807) is 0 Å². The Kier molecular flexibility index (Phi) is 4.07. The van der Waals surface area contributed by atoms with Crippen LogP contribution in [0.25, 0.3) is 0 Å². The van der Waals surface area contributed by atoms with Gasteiger partial charge in [0, 0.05) is 6.54 Å². The Morgan fingerprint density at radius 1 is 1.57 bits per heavy atom. The number of hydrogen-bond donors (Lipinski definition) is 2. The molecule has 2 atom stereocenters. The molecule has 0 bridgehead atoms. The minimum absolute atomic E-state index is 0.0137. The van der Waals surface area contributed by atoms with Gasteiger partial charge in [0.1, 0.15) is 0 Å². The van der Waals surface area contributed by atoms with E-state index in [2.05, 4.69) is 17.6 Å². The van der Waals surface area contributed by atoms with Crippen LogP contribution >= 0.6 is 0 Å². The maximum absolute atomic E-state index is 11.5. The molecule has 2 unspecified atom stereocenters. The van der Waals surface area contributed by atoms with Gasteiger partial charge in [0.2, 0.25) is 5.91 Å². The minimum Gasteiger partial charge on any atom is -0.344 e. The first-order chi connectivity index (χ1) is 6.65. The molecule has 1 rings (SSSR count). The fraction of sp³-hybridized carbons (Fsp3) is 0.800. The molecule has 0 spiro atoms. The Balaban J connectivity index is 2.40. The number of ketones is 1. The summed E-state index contributed by atoms with van der Waals surface area (Å²) >= 11 is 0. The van der Waals surface area contributed by atoms with Crippen molar-refractivity contribution in [1.29, 1.82) is 0 Å². The molecule has 1 aliphatic heterocycles. The van der Waals surface area contributed by atoms with Crippen LogP contribution in [0.4, 0.5) is 0 Å². The van der Waals surface area contributed by atoms with Crippen molar-refractivity contribution in [3.05, 3.63) is 0 Å². The monoisotopic (exact) mass is 198 g/mol. The highest BCUT2D eigenvalue weighted by atomic mass is 16.2. The molecular formula is C10H18N2O2. The smallest absolute Gasteiger partial charge is 0.237 e. The standard InChI is InChI=1S/C10H18N2O2/c1-3-4-5-8-10(14)12-9(6-11-8)7(2)13/h8-9,11H,3-6H2,1-2H3,(H,12,14). The average molecular weight is 198 g/mol. The maximum Gasteiger partial charge on any atom is 0.237 e. The van der Waals surface area contributed by atoms with Crippen molar-refractivity contribution in [2.45, 2.75) is 45.2 Å². The van der Waals surface area contributed by atoms with Crippen molar-refractivity contribution in [2.24, 2.45) is 0 Å². The van der Waals surface area contributed by atoms with Gasteiger partial charge in [-0.25, -0.2) is 0 Å². The zero-order valence-electron chi connectivity index (χ0n) is 8.80. The van der Waals surface area contributed by atoms with Crippen molar-refractivity contribution in [3.63, 3.8) is 0 Å². The molecule has 4 heteroatoms.